The second-order valence-corrected chi connectivity index (χ2v) is 13.3. The second-order valence-electron chi connectivity index (χ2n) is 13.3. The summed E-state index contributed by atoms with van der Waals surface area (Å²) in [6, 6.07) is 17.4. The average Bonchev–Trinajstić information content (AvgIpc) is 3.48. The summed E-state index contributed by atoms with van der Waals surface area (Å²) >= 11 is 0. The van der Waals surface area contributed by atoms with Crippen molar-refractivity contribution in [2.75, 3.05) is 30.0 Å². The number of hydrogen-bond donors (Lipinski definition) is 5. The van der Waals surface area contributed by atoms with Crippen molar-refractivity contribution in [1.82, 2.24) is 19.9 Å². The topological polar surface area (TPSA) is 215 Å². The van der Waals surface area contributed by atoms with Gasteiger partial charge in [0.15, 0.2) is 0 Å². The standard InChI is InChI=1S/C39H50N8O7/c1-5-6-7-10-22-54-38(52)45-35(40)27-12-15-29(16-13-27)43-25-33-44-30-24-28(14-17-31(30)46(33)4)36(49)47(32-11-8-9-20-42-32)21-18-34(48)53-23-19-39(41,26(2)3)37(50)51/h8-9,11-17,20,24,26,43H,5-7,10,18-19,21-23,25,41H2,1-4H3,(H,50,51)(H2,40,45,52)/t39-/m0/s1. The Balaban J connectivity index is 1.37. The molecule has 6 N–H and O–H groups in total. The van der Waals surface area contributed by atoms with Gasteiger partial charge in [0.05, 0.1) is 37.2 Å². The van der Waals surface area contributed by atoms with Crippen molar-refractivity contribution in [3.8, 4) is 0 Å². The lowest BCUT2D eigenvalue weighted by Crippen LogP contribution is -2.53. The van der Waals surface area contributed by atoms with E-state index in [-0.39, 0.29) is 43.7 Å². The van der Waals surface area contributed by atoms with E-state index in [0.29, 0.717) is 41.4 Å². The van der Waals surface area contributed by atoms with Gasteiger partial charge < -0.3 is 30.2 Å². The summed E-state index contributed by atoms with van der Waals surface area (Å²) in [6.45, 7) is 5.98. The van der Waals surface area contributed by atoms with Crippen molar-refractivity contribution in [3.63, 3.8) is 0 Å². The van der Waals surface area contributed by atoms with Gasteiger partial charge in [0.2, 0.25) is 0 Å². The number of fused-ring (bicyclic) bond motifs is 1. The number of aliphatic carboxylic acids is 1. The lowest BCUT2D eigenvalue weighted by molar-refractivity contribution is -0.150. The fourth-order valence-electron chi connectivity index (χ4n) is 5.62. The van der Waals surface area contributed by atoms with Crippen LogP contribution in [0.5, 0.6) is 0 Å². The Morgan fingerprint density at radius 3 is 2.41 bits per heavy atom. The molecule has 54 heavy (non-hydrogen) atoms. The van der Waals surface area contributed by atoms with Crippen LogP contribution in [0.2, 0.25) is 0 Å². The zero-order chi connectivity index (χ0) is 39.3. The molecule has 0 saturated carbocycles. The Morgan fingerprint density at radius 2 is 1.74 bits per heavy atom. The van der Waals surface area contributed by atoms with Crippen LogP contribution in [0.15, 0.2) is 66.9 Å². The third-order valence-electron chi connectivity index (χ3n) is 9.22. The van der Waals surface area contributed by atoms with E-state index in [2.05, 4.69) is 22.5 Å². The van der Waals surface area contributed by atoms with Crippen molar-refractivity contribution in [2.45, 2.75) is 71.4 Å². The highest BCUT2D eigenvalue weighted by Gasteiger charge is 2.37. The number of nitrogens with one attached hydrogen (secondary N) is 3. The maximum atomic E-state index is 13.9. The van der Waals surface area contributed by atoms with Crippen molar-refractivity contribution in [1.29, 1.82) is 5.41 Å². The maximum absolute atomic E-state index is 13.9. The van der Waals surface area contributed by atoms with E-state index in [1.807, 2.05) is 17.7 Å². The number of nitrogens with two attached hydrogens (primary N) is 1. The highest BCUT2D eigenvalue weighted by molar-refractivity contribution is 6.07. The first-order valence-electron chi connectivity index (χ1n) is 18.1. The number of pyridine rings is 1. The van der Waals surface area contributed by atoms with E-state index in [9.17, 15) is 24.3 Å². The highest BCUT2D eigenvalue weighted by atomic mass is 16.5. The van der Waals surface area contributed by atoms with Gasteiger partial charge in [0.1, 0.15) is 23.0 Å². The fraction of sp³-hybridized carbons (Fsp3) is 0.410. The van der Waals surface area contributed by atoms with Crippen molar-refractivity contribution in [3.05, 3.63) is 83.8 Å². The SMILES string of the molecule is CCCCCCOC(=O)NC(=N)c1ccc(NCc2nc3cc(C(=O)N(CCC(=O)OCC[C@@](N)(C(=O)O)C(C)C)c4ccccn4)ccc3n2C)cc1. The Labute approximate surface area is 314 Å². The Hall–Kier alpha value is -5.83. The van der Waals surface area contributed by atoms with E-state index in [1.165, 1.54) is 4.90 Å². The number of nitrogens with zero attached hydrogens (tertiary/aromatic N) is 4. The molecular weight excluding hydrogens is 692 g/mol. The van der Waals surface area contributed by atoms with Gasteiger partial charge in [-0.1, -0.05) is 46.1 Å². The van der Waals surface area contributed by atoms with Crippen LogP contribution in [0, 0.1) is 11.3 Å². The lowest BCUT2D eigenvalue weighted by atomic mass is 9.85. The summed E-state index contributed by atoms with van der Waals surface area (Å²) < 4.78 is 12.4. The number of carboxylic acids is 1. The van der Waals surface area contributed by atoms with Crippen LogP contribution >= 0.6 is 0 Å². The number of amidine groups is 1. The Morgan fingerprint density at radius 1 is 1.00 bits per heavy atom. The zero-order valence-electron chi connectivity index (χ0n) is 31.3. The first-order valence-corrected chi connectivity index (χ1v) is 18.1. The molecule has 0 aliphatic heterocycles. The first-order chi connectivity index (χ1) is 25.8. The number of aryl methyl sites for hydroxylation is 1. The molecule has 288 valence electrons. The quantitative estimate of drug-likeness (QED) is 0.0344. The smallest absolute Gasteiger partial charge is 0.412 e. The minimum atomic E-state index is -1.53. The molecule has 0 spiro atoms. The molecule has 15 heteroatoms. The van der Waals surface area contributed by atoms with E-state index >= 15 is 0 Å². The van der Waals surface area contributed by atoms with Crippen LogP contribution in [-0.4, -0.2) is 74.7 Å². The van der Waals surface area contributed by atoms with Crippen molar-refractivity contribution >= 4 is 52.3 Å². The summed E-state index contributed by atoms with van der Waals surface area (Å²) in [4.78, 5) is 60.7. The average molecular weight is 743 g/mol. The number of carboxylic acid groups (broad SMARTS) is 1. The number of amides is 2. The molecule has 0 aliphatic carbocycles. The minimum Gasteiger partial charge on any atom is -0.480 e. The van der Waals surface area contributed by atoms with Gasteiger partial charge in [0, 0.05) is 43.0 Å². The molecular formula is C39H50N8O7. The number of anilines is 2. The molecule has 4 aromatic rings. The Bertz CT molecular complexity index is 1910. The third-order valence-corrected chi connectivity index (χ3v) is 9.22. The second kappa shape index (κ2) is 19.3. The molecule has 0 aliphatic rings. The number of carbonyl (C=O) groups is 4. The van der Waals surface area contributed by atoms with Gasteiger partial charge >= 0.3 is 18.0 Å². The molecule has 2 heterocycles. The predicted molar refractivity (Wildman–Crippen MR) is 205 cm³/mol. The lowest BCUT2D eigenvalue weighted by Gasteiger charge is -2.28. The van der Waals surface area contributed by atoms with Gasteiger partial charge in [-0.05, 0) is 66.9 Å². The highest BCUT2D eigenvalue weighted by Crippen LogP contribution is 2.22. The van der Waals surface area contributed by atoms with Gasteiger partial charge in [-0.15, -0.1) is 0 Å². The molecule has 0 unspecified atom stereocenters. The number of benzene rings is 2. The monoisotopic (exact) mass is 742 g/mol. The molecule has 1 atom stereocenters. The van der Waals surface area contributed by atoms with Crippen LogP contribution in [-0.2, 0) is 32.7 Å². The first kappa shape index (κ1) is 40.9. The van der Waals surface area contributed by atoms with Crippen LogP contribution in [0.25, 0.3) is 11.0 Å². The van der Waals surface area contributed by atoms with Crippen LogP contribution in [0.3, 0.4) is 0 Å². The third kappa shape index (κ3) is 10.9. The number of hydrogen-bond acceptors (Lipinski definition) is 11. The normalized spacial score (nSPS) is 12.2. The van der Waals surface area contributed by atoms with Crippen molar-refractivity contribution in [2.24, 2.45) is 18.7 Å². The summed E-state index contributed by atoms with van der Waals surface area (Å²) in [6.07, 6.45) is 4.67. The summed E-state index contributed by atoms with van der Waals surface area (Å²) in [5.41, 5.74) is 7.56. The molecule has 0 radical (unpaired) electrons. The summed E-state index contributed by atoms with van der Waals surface area (Å²) in [5.74, 6) is -1.52. The van der Waals surface area contributed by atoms with Gasteiger partial charge in [-0.25, -0.2) is 14.8 Å². The maximum Gasteiger partial charge on any atom is 0.412 e. The zero-order valence-corrected chi connectivity index (χ0v) is 31.3. The molecule has 2 aromatic heterocycles. The number of rotatable bonds is 19. The molecule has 0 saturated heterocycles. The molecule has 4 rings (SSSR count). The van der Waals surface area contributed by atoms with E-state index in [1.54, 1.807) is 74.6 Å². The number of unbranched alkanes of at least 4 members (excludes halogenated alkanes) is 3. The predicted octanol–water partition coefficient (Wildman–Crippen LogP) is 5.62. The molecule has 2 aromatic carbocycles. The fourth-order valence-corrected chi connectivity index (χ4v) is 5.62. The molecule has 0 fully saturated rings. The summed E-state index contributed by atoms with van der Waals surface area (Å²) in [7, 11) is 1.88. The number of aromatic nitrogens is 3. The van der Waals surface area contributed by atoms with Crippen LogP contribution in [0.1, 0.15) is 81.0 Å². The number of imidazole rings is 1. The van der Waals surface area contributed by atoms with Gasteiger partial charge in [-0.2, -0.15) is 0 Å². The van der Waals surface area contributed by atoms with Gasteiger partial charge in [-0.3, -0.25) is 30.0 Å². The van der Waals surface area contributed by atoms with Crippen LogP contribution < -0.4 is 21.3 Å². The molecule has 0 bridgehead atoms. The Kier molecular flexibility index (Phi) is 14.6. The summed E-state index contributed by atoms with van der Waals surface area (Å²) in [5, 5.41) is 23.5. The van der Waals surface area contributed by atoms with E-state index in [4.69, 9.17) is 25.6 Å². The van der Waals surface area contributed by atoms with Gasteiger partial charge in [0.25, 0.3) is 5.91 Å². The van der Waals surface area contributed by atoms with E-state index in [0.717, 1.165) is 36.9 Å². The number of esters is 1. The largest absolute Gasteiger partial charge is 0.480 e. The van der Waals surface area contributed by atoms with Crippen molar-refractivity contribution < 1.29 is 33.8 Å². The number of alkyl carbamates (subject to hydrolysis) is 1. The molecule has 15 nitrogen and oxygen atoms in total. The minimum absolute atomic E-state index is 0.0292. The molecule has 2 amide bonds. The number of ether oxygens (including phenoxy) is 2. The van der Waals surface area contributed by atoms with E-state index < -0.39 is 23.6 Å². The van der Waals surface area contributed by atoms with Crippen LogP contribution in [0.4, 0.5) is 16.3 Å². The number of carbonyl (C=O) groups excluding carboxylic acids is 3.